The minimum Gasteiger partial charge on any atom is -0.478 e. The fourth-order valence-electron chi connectivity index (χ4n) is 3.85. The summed E-state index contributed by atoms with van der Waals surface area (Å²) >= 11 is 0. The molecule has 2 nitrogen and oxygen atoms in total. The number of hydrogen-bond donors (Lipinski definition) is 1. The lowest BCUT2D eigenvalue weighted by Gasteiger charge is -2.33. The zero-order valence-electron chi connectivity index (χ0n) is 16.4. The smallest absolute Gasteiger partial charge is 0.336 e. The Morgan fingerprint density at radius 2 is 1.00 bits per heavy atom. The standard InChI is InChI=1S/C25H26O2/c1-24(2,18-12-7-5-8-13-18)20-16-11-17-21(22(20)23(26)27)25(3,4)19-14-9-6-10-15-19/h5-17H,1-4H3,(H,26,27). The van der Waals surface area contributed by atoms with E-state index in [0.717, 1.165) is 22.3 Å². The number of carbonyl (C=O) groups is 1. The quantitative estimate of drug-likeness (QED) is 0.604. The Morgan fingerprint density at radius 3 is 1.33 bits per heavy atom. The highest BCUT2D eigenvalue weighted by atomic mass is 16.4. The zero-order chi connectivity index (χ0) is 19.7. The van der Waals surface area contributed by atoms with Crippen LogP contribution in [0.2, 0.25) is 0 Å². The molecule has 0 aromatic heterocycles. The van der Waals surface area contributed by atoms with Gasteiger partial charge in [0.25, 0.3) is 0 Å². The van der Waals surface area contributed by atoms with Crippen LogP contribution in [0.5, 0.6) is 0 Å². The van der Waals surface area contributed by atoms with E-state index in [1.807, 2.05) is 54.6 Å². The van der Waals surface area contributed by atoms with Gasteiger partial charge < -0.3 is 5.11 Å². The lowest BCUT2D eigenvalue weighted by molar-refractivity contribution is 0.0692. The molecule has 3 aromatic rings. The van der Waals surface area contributed by atoms with Crippen LogP contribution in [0.4, 0.5) is 0 Å². The molecule has 0 aliphatic heterocycles. The van der Waals surface area contributed by atoms with Crippen molar-refractivity contribution in [3.8, 4) is 0 Å². The highest BCUT2D eigenvalue weighted by Crippen LogP contribution is 2.40. The van der Waals surface area contributed by atoms with Crippen LogP contribution < -0.4 is 0 Å². The number of carboxylic acids is 1. The van der Waals surface area contributed by atoms with Gasteiger partial charge >= 0.3 is 5.97 Å². The van der Waals surface area contributed by atoms with Crippen LogP contribution in [0.25, 0.3) is 0 Å². The lowest BCUT2D eigenvalue weighted by atomic mass is 9.70. The summed E-state index contributed by atoms with van der Waals surface area (Å²) in [5, 5.41) is 10.2. The molecule has 0 unspecified atom stereocenters. The molecule has 2 heteroatoms. The van der Waals surface area contributed by atoms with Crippen molar-refractivity contribution < 1.29 is 9.90 Å². The molecular weight excluding hydrogens is 332 g/mol. The Morgan fingerprint density at radius 1 is 0.630 bits per heavy atom. The molecule has 0 amide bonds. The summed E-state index contributed by atoms with van der Waals surface area (Å²) in [6.07, 6.45) is 0. The predicted molar refractivity (Wildman–Crippen MR) is 111 cm³/mol. The van der Waals surface area contributed by atoms with E-state index >= 15 is 0 Å². The summed E-state index contributed by atoms with van der Waals surface area (Å²) in [6.45, 7) is 8.35. The van der Waals surface area contributed by atoms with Crippen LogP contribution in [-0.2, 0) is 10.8 Å². The largest absolute Gasteiger partial charge is 0.478 e. The first kappa shape index (κ1) is 18.9. The lowest BCUT2D eigenvalue weighted by Crippen LogP contribution is -2.28. The van der Waals surface area contributed by atoms with Gasteiger partial charge in [-0.15, -0.1) is 0 Å². The van der Waals surface area contributed by atoms with Gasteiger partial charge in [-0.3, -0.25) is 0 Å². The Kier molecular flexibility index (Phi) is 4.93. The summed E-state index contributed by atoms with van der Waals surface area (Å²) in [5.41, 5.74) is 3.44. The second kappa shape index (κ2) is 7.03. The Labute approximate surface area is 161 Å². The van der Waals surface area contributed by atoms with Gasteiger partial charge in [0.05, 0.1) is 5.56 Å². The number of carboxylic acid groups (broad SMARTS) is 1. The van der Waals surface area contributed by atoms with Gasteiger partial charge in [-0.05, 0) is 22.3 Å². The number of hydrogen-bond acceptors (Lipinski definition) is 1. The molecular formula is C25H26O2. The summed E-state index contributed by atoms with van der Waals surface area (Å²) in [7, 11) is 0. The molecule has 0 bridgehead atoms. The second-order valence-electron chi connectivity index (χ2n) is 8.02. The highest BCUT2D eigenvalue weighted by molar-refractivity contribution is 5.92. The van der Waals surface area contributed by atoms with Gasteiger partial charge in [-0.2, -0.15) is 0 Å². The van der Waals surface area contributed by atoms with Crippen molar-refractivity contribution in [1.82, 2.24) is 0 Å². The third-order valence-corrected chi connectivity index (χ3v) is 5.62. The fourth-order valence-corrected chi connectivity index (χ4v) is 3.85. The number of aromatic carboxylic acids is 1. The van der Waals surface area contributed by atoms with Crippen molar-refractivity contribution in [2.45, 2.75) is 38.5 Å². The maximum absolute atomic E-state index is 12.4. The molecule has 0 saturated carbocycles. The van der Waals surface area contributed by atoms with Gasteiger partial charge in [0, 0.05) is 10.8 Å². The van der Waals surface area contributed by atoms with Gasteiger partial charge in [-0.1, -0.05) is 107 Å². The first-order valence-electron chi connectivity index (χ1n) is 9.24. The van der Waals surface area contributed by atoms with E-state index in [9.17, 15) is 9.90 Å². The van der Waals surface area contributed by atoms with E-state index < -0.39 is 16.8 Å². The zero-order valence-corrected chi connectivity index (χ0v) is 16.4. The molecule has 0 saturated heterocycles. The van der Waals surface area contributed by atoms with E-state index in [1.54, 1.807) is 0 Å². The molecule has 0 heterocycles. The summed E-state index contributed by atoms with van der Waals surface area (Å²) in [5.74, 6) is -0.881. The average Bonchev–Trinajstić information content (AvgIpc) is 2.68. The Hall–Kier alpha value is -2.87. The summed E-state index contributed by atoms with van der Waals surface area (Å²) in [4.78, 5) is 12.4. The maximum Gasteiger partial charge on any atom is 0.336 e. The van der Waals surface area contributed by atoms with Crippen LogP contribution in [-0.4, -0.2) is 11.1 Å². The van der Waals surface area contributed by atoms with Crippen molar-refractivity contribution in [2.75, 3.05) is 0 Å². The van der Waals surface area contributed by atoms with Gasteiger partial charge in [-0.25, -0.2) is 4.79 Å². The van der Waals surface area contributed by atoms with Crippen LogP contribution in [0.1, 0.15) is 60.3 Å². The van der Waals surface area contributed by atoms with Gasteiger partial charge in [0.1, 0.15) is 0 Å². The molecule has 0 atom stereocenters. The molecule has 0 spiro atoms. The SMILES string of the molecule is CC(C)(c1ccccc1)c1cccc(C(C)(C)c2ccccc2)c1C(=O)O. The van der Waals surface area contributed by atoms with Gasteiger partial charge in [0.15, 0.2) is 0 Å². The monoisotopic (exact) mass is 358 g/mol. The third-order valence-electron chi connectivity index (χ3n) is 5.62. The van der Waals surface area contributed by atoms with E-state index in [1.165, 1.54) is 0 Å². The molecule has 3 aromatic carbocycles. The molecule has 3 rings (SSSR count). The van der Waals surface area contributed by atoms with Crippen molar-refractivity contribution in [3.05, 3.63) is 107 Å². The predicted octanol–water partition coefficient (Wildman–Crippen LogP) is 6.04. The maximum atomic E-state index is 12.4. The fraction of sp³-hybridized carbons (Fsp3) is 0.240. The number of rotatable bonds is 5. The normalized spacial score (nSPS) is 12.0. The van der Waals surface area contributed by atoms with Crippen molar-refractivity contribution in [1.29, 1.82) is 0 Å². The topological polar surface area (TPSA) is 37.3 Å². The van der Waals surface area contributed by atoms with Crippen molar-refractivity contribution in [3.63, 3.8) is 0 Å². The molecule has 0 aliphatic carbocycles. The molecule has 0 fully saturated rings. The van der Waals surface area contributed by atoms with Crippen LogP contribution in [0, 0.1) is 0 Å². The van der Waals surface area contributed by atoms with Crippen LogP contribution in [0.3, 0.4) is 0 Å². The molecule has 0 aliphatic rings. The van der Waals surface area contributed by atoms with Crippen molar-refractivity contribution >= 4 is 5.97 Å². The first-order chi connectivity index (χ1) is 12.8. The summed E-state index contributed by atoms with van der Waals surface area (Å²) in [6, 6.07) is 26.0. The molecule has 1 N–H and O–H groups in total. The van der Waals surface area contributed by atoms with E-state index in [0.29, 0.717) is 5.56 Å². The van der Waals surface area contributed by atoms with Crippen LogP contribution in [0.15, 0.2) is 78.9 Å². The van der Waals surface area contributed by atoms with E-state index in [-0.39, 0.29) is 0 Å². The first-order valence-corrected chi connectivity index (χ1v) is 9.24. The van der Waals surface area contributed by atoms with Gasteiger partial charge in [0.2, 0.25) is 0 Å². The second-order valence-corrected chi connectivity index (χ2v) is 8.02. The summed E-state index contributed by atoms with van der Waals surface area (Å²) < 4.78 is 0. The van der Waals surface area contributed by atoms with E-state index in [2.05, 4.69) is 52.0 Å². The molecule has 138 valence electrons. The minimum atomic E-state index is -0.881. The molecule has 27 heavy (non-hydrogen) atoms. The molecule has 0 radical (unpaired) electrons. The van der Waals surface area contributed by atoms with E-state index in [4.69, 9.17) is 0 Å². The Balaban J connectivity index is 2.25. The average molecular weight is 358 g/mol. The third kappa shape index (κ3) is 3.40. The number of benzene rings is 3. The minimum absolute atomic E-state index is 0.403. The Bertz CT molecular complexity index is 869. The van der Waals surface area contributed by atoms with Crippen LogP contribution >= 0.6 is 0 Å². The van der Waals surface area contributed by atoms with Crippen molar-refractivity contribution in [2.24, 2.45) is 0 Å². The highest BCUT2D eigenvalue weighted by Gasteiger charge is 2.34.